The van der Waals surface area contributed by atoms with Crippen molar-refractivity contribution in [2.24, 2.45) is 0 Å². The number of hydrogen-bond donors (Lipinski definition) is 1. The lowest BCUT2D eigenvalue weighted by molar-refractivity contribution is 0.324. The highest BCUT2D eigenvalue weighted by molar-refractivity contribution is 8.03. The minimum absolute atomic E-state index is 0.596. The lowest BCUT2D eigenvalue weighted by Crippen LogP contribution is -2.14. The molecule has 4 nitrogen and oxygen atoms in total. The maximum Gasteiger partial charge on any atom is 0.203 e. The van der Waals surface area contributed by atoms with Gasteiger partial charge in [-0.15, -0.1) is 11.8 Å². The molecule has 116 valence electrons. The van der Waals surface area contributed by atoms with Crippen molar-refractivity contribution in [1.29, 1.82) is 0 Å². The maximum absolute atomic E-state index is 5.37. The van der Waals surface area contributed by atoms with E-state index in [4.69, 9.17) is 14.2 Å². The summed E-state index contributed by atoms with van der Waals surface area (Å²) in [5.41, 5.74) is 0.982. The van der Waals surface area contributed by atoms with Crippen LogP contribution in [0.2, 0.25) is 0 Å². The zero-order chi connectivity index (χ0) is 15.2. The Labute approximate surface area is 130 Å². The van der Waals surface area contributed by atoms with Crippen LogP contribution in [-0.4, -0.2) is 33.1 Å². The van der Waals surface area contributed by atoms with Crippen LogP contribution < -0.4 is 19.5 Å². The molecule has 1 unspecified atom stereocenters. The summed E-state index contributed by atoms with van der Waals surface area (Å²) < 4.78 is 16.1. The fourth-order valence-electron chi connectivity index (χ4n) is 2.34. The first-order chi connectivity index (χ1) is 10.2. The molecule has 0 saturated carbocycles. The van der Waals surface area contributed by atoms with Crippen molar-refractivity contribution in [2.45, 2.75) is 25.0 Å². The van der Waals surface area contributed by atoms with Gasteiger partial charge < -0.3 is 19.5 Å². The lowest BCUT2D eigenvalue weighted by Gasteiger charge is -2.16. The lowest BCUT2D eigenvalue weighted by atomic mass is 10.2. The monoisotopic (exact) mass is 309 g/mol. The second-order valence-electron chi connectivity index (χ2n) is 4.79. The van der Waals surface area contributed by atoms with Crippen LogP contribution in [0.1, 0.15) is 19.8 Å². The summed E-state index contributed by atoms with van der Waals surface area (Å²) in [7, 11) is 4.87. The van der Waals surface area contributed by atoms with Crippen LogP contribution in [-0.2, 0) is 0 Å². The van der Waals surface area contributed by atoms with E-state index in [1.165, 1.54) is 4.91 Å². The van der Waals surface area contributed by atoms with Gasteiger partial charge in [-0.25, -0.2) is 0 Å². The molecule has 2 rings (SSSR count). The highest BCUT2D eigenvalue weighted by atomic mass is 32.2. The zero-order valence-electron chi connectivity index (χ0n) is 13.1. The van der Waals surface area contributed by atoms with Crippen molar-refractivity contribution < 1.29 is 14.2 Å². The van der Waals surface area contributed by atoms with Crippen LogP contribution in [0.25, 0.3) is 0 Å². The Bertz CT molecular complexity index is 491. The van der Waals surface area contributed by atoms with Gasteiger partial charge in [0, 0.05) is 29.6 Å². The first-order valence-electron chi connectivity index (χ1n) is 7.11. The Balaban J connectivity index is 2.03. The van der Waals surface area contributed by atoms with E-state index in [0.717, 1.165) is 25.1 Å². The number of thioether (sulfide) groups is 1. The van der Waals surface area contributed by atoms with E-state index in [9.17, 15) is 0 Å². The molecule has 21 heavy (non-hydrogen) atoms. The standard InChI is InChI=1S/C16H23NO3S/c1-5-12-6-7-13(21-12)10-17-11-8-14(18-2)16(20-4)15(9-11)19-3/h6,8-9,13,17H,5,7,10H2,1-4H3. The maximum atomic E-state index is 5.37. The van der Waals surface area contributed by atoms with Crippen molar-refractivity contribution in [3.8, 4) is 17.2 Å². The number of benzene rings is 1. The van der Waals surface area contributed by atoms with E-state index >= 15 is 0 Å². The number of ether oxygens (including phenoxy) is 3. The molecule has 0 aromatic heterocycles. The summed E-state index contributed by atoms with van der Waals surface area (Å²) in [5.74, 6) is 1.97. The van der Waals surface area contributed by atoms with Gasteiger partial charge in [-0.2, -0.15) is 0 Å². The first-order valence-corrected chi connectivity index (χ1v) is 7.99. The summed E-state index contributed by atoms with van der Waals surface area (Å²) in [6, 6.07) is 3.88. The van der Waals surface area contributed by atoms with Crippen LogP contribution in [0.15, 0.2) is 23.1 Å². The number of anilines is 1. The predicted octanol–water partition coefficient (Wildman–Crippen LogP) is 3.92. The fraction of sp³-hybridized carbons (Fsp3) is 0.500. The fourth-order valence-corrected chi connectivity index (χ4v) is 3.49. The molecule has 1 atom stereocenters. The van der Waals surface area contributed by atoms with Gasteiger partial charge >= 0.3 is 0 Å². The van der Waals surface area contributed by atoms with Gasteiger partial charge in [0.1, 0.15) is 0 Å². The van der Waals surface area contributed by atoms with Gasteiger partial charge in [-0.3, -0.25) is 0 Å². The number of rotatable bonds is 7. The van der Waals surface area contributed by atoms with Gasteiger partial charge in [0.15, 0.2) is 11.5 Å². The molecule has 0 amide bonds. The Morgan fingerprint density at radius 1 is 1.14 bits per heavy atom. The average Bonchev–Trinajstić information content (AvgIpc) is 2.99. The number of allylic oxidation sites excluding steroid dienone is 2. The molecule has 0 fully saturated rings. The molecular formula is C16H23NO3S. The molecule has 0 spiro atoms. The number of hydrogen-bond acceptors (Lipinski definition) is 5. The largest absolute Gasteiger partial charge is 0.493 e. The van der Waals surface area contributed by atoms with E-state index in [1.807, 2.05) is 23.9 Å². The van der Waals surface area contributed by atoms with E-state index in [2.05, 4.69) is 18.3 Å². The van der Waals surface area contributed by atoms with Crippen LogP contribution in [0.5, 0.6) is 17.2 Å². The molecule has 1 aliphatic heterocycles. The van der Waals surface area contributed by atoms with E-state index in [-0.39, 0.29) is 0 Å². The molecule has 5 heteroatoms. The van der Waals surface area contributed by atoms with E-state index < -0.39 is 0 Å². The summed E-state index contributed by atoms with van der Waals surface area (Å²) in [4.78, 5) is 1.49. The van der Waals surface area contributed by atoms with Crippen molar-refractivity contribution in [3.05, 3.63) is 23.1 Å². The Morgan fingerprint density at radius 3 is 2.29 bits per heavy atom. The third-order valence-electron chi connectivity index (χ3n) is 3.47. The Morgan fingerprint density at radius 2 is 1.81 bits per heavy atom. The number of methoxy groups -OCH3 is 3. The van der Waals surface area contributed by atoms with Gasteiger partial charge in [0.2, 0.25) is 5.75 Å². The molecule has 1 heterocycles. The van der Waals surface area contributed by atoms with Crippen molar-refractivity contribution in [3.63, 3.8) is 0 Å². The number of nitrogens with one attached hydrogen (secondary N) is 1. The van der Waals surface area contributed by atoms with Gasteiger partial charge in [-0.05, 0) is 17.7 Å². The summed E-state index contributed by atoms with van der Waals surface area (Å²) in [6.07, 6.45) is 4.60. The molecule has 0 aliphatic carbocycles. The van der Waals surface area contributed by atoms with Crippen molar-refractivity contribution in [1.82, 2.24) is 0 Å². The third-order valence-corrected chi connectivity index (χ3v) is 4.92. The zero-order valence-corrected chi connectivity index (χ0v) is 13.9. The smallest absolute Gasteiger partial charge is 0.203 e. The van der Waals surface area contributed by atoms with E-state index in [1.54, 1.807) is 21.3 Å². The molecule has 1 aliphatic rings. The van der Waals surface area contributed by atoms with Crippen LogP contribution in [0, 0.1) is 0 Å². The quantitative estimate of drug-likeness (QED) is 0.826. The minimum atomic E-state index is 0.596. The Hall–Kier alpha value is -1.49. The Kier molecular flexibility index (Phi) is 5.67. The van der Waals surface area contributed by atoms with Crippen LogP contribution in [0.3, 0.4) is 0 Å². The molecular weight excluding hydrogens is 286 g/mol. The summed E-state index contributed by atoms with van der Waals surface area (Å²) in [5, 5.41) is 4.06. The predicted molar refractivity (Wildman–Crippen MR) is 89.0 cm³/mol. The van der Waals surface area contributed by atoms with Crippen LogP contribution >= 0.6 is 11.8 Å². The third kappa shape index (κ3) is 3.79. The molecule has 0 bridgehead atoms. The first kappa shape index (κ1) is 15.9. The minimum Gasteiger partial charge on any atom is -0.493 e. The second-order valence-corrected chi connectivity index (χ2v) is 6.22. The molecule has 0 radical (unpaired) electrons. The normalized spacial score (nSPS) is 17.3. The van der Waals surface area contributed by atoms with Crippen molar-refractivity contribution >= 4 is 17.4 Å². The summed E-state index contributed by atoms with van der Waals surface area (Å²) in [6.45, 7) is 3.12. The summed E-state index contributed by atoms with van der Waals surface area (Å²) >= 11 is 1.97. The van der Waals surface area contributed by atoms with Crippen molar-refractivity contribution in [2.75, 3.05) is 33.2 Å². The molecule has 0 saturated heterocycles. The second kappa shape index (κ2) is 7.50. The molecule has 1 N–H and O–H groups in total. The SMILES string of the molecule is CCC1=CCC(CNc2cc(OC)c(OC)c(OC)c2)S1. The molecule has 1 aromatic rings. The van der Waals surface area contributed by atoms with Gasteiger partial charge in [0.05, 0.1) is 21.3 Å². The highest BCUT2D eigenvalue weighted by Gasteiger charge is 2.18. The highest BCUT2D eigenvalue weighted by Crippen LogP contribution is 2.40. The van der Waals surface area contributed by atoms with Gasteiger partial charge in [0.25, 0.3) is 0 Å². The average molecular weight is 309 g/mol. The van der Waals surface area contributed by atoms with Gasteiger partial charge in [-0.1, -0.05) is 13.0 Å². The van der Waals surface area contributed by atoms with Crippen LogP contribution in [0.4, 0.5) is 5.69 Å². The van der Waals surface area contributed by atoms with E-state index in [0.29, 0.717) is 22.5 Å². The molecule has 1 aromatic carbocycles. The topological polar surface area (TPSA) is 39.7 Å².